The largest absolute Gasteiger partial charge is 0.367 e. The molecule has 0 radical (unpaired) electrons. The number of hydrogen-bond acceptors (Lipinski definition) is 2. The van der Waals surface area contributed by atoms with Crippen LogP contribution in [0.4, 0.5) is 10.1 Å². The molecule has 0 saturated heterocycles. The van der Waals surface area contributed by atoms with Gasteiger partial charge in [0, 0.05) is 25.3 Å². The topological polar surface area (TPSA) is 15.3 Å². The second-order valence-electron chi connectivity index (χ2n) is 5.09. The zero-order valence-corrected chi connectivity index (χ0v) is 12.8. The molecule has 0 saturated carbocycles. The van der Waals surface area contributed by atoms with Crippen molar-refractivity contribution in [2.24, 2.45) is 0 Å². The van der Waals surface area contributed by atoms with Gasteiger partial charge in [-0.05, 0) is 48.9 Å². The van der Waals surface area contributed by atoms with Crippen molar-refractivity contribution in [2.75, 3.05) is 18.0 Å². The molecule has 0 heterocycles. The van der Waals surface area contributed by atoms with Crippen molar-refractivity contribution in [3.05, 3.63) is 65.5 Å². The van der Waals surface area contributed by atoms with Gasteiger partial charge in [-0.3, -0.25) is 0 Å². The van der Waals surface area contributed by atoms with Gasteiger partial charge in [0.15, 0.2) is 0 Å². The van der Waals surface area contributed by atoms with E-state index < -0.39 is 0 Å². The molecule has 0 amide bonds. The van der Waals surface area contributed by atoms with Crippen molar-refractivity contribution in [3.63, 3.8) is 0 Å². The summed E-state index contributed by atoms with van der Waals surface area (Å²) in [5, 5.41) is 3.32. The van der Waals surface area contributed by atoms with E-state index >= 15 is 0 Å². The molecule has 2 rings (SSSR count). The smallest absolute Gasteiger partial charge is 0.123 e. The molecule has 0 atom stereocenters. The minimum Gasteiger partial charge on any atom is -0.367 e. The van der Waals surface area contributed by atoms with Crippen LogP contribution in [0.3, 0.4) is 0 Å². The van der Waals surface area contributed by atoms with Gasteiger partial charge in [0.2, 0.25) is 0 Å². The Morgan fingerprint density at radius 1 is 0.905 bits per heavy atom. The average Bonchev–Trinajstić information content (AvgIpc) is 2.53. The third kappa shape index (κ3) is 4.57. The minimum atomic E-state index is -0.192. The maximum absolute atomic E-state index is 13.0. The maximum Gasteiger partial charge on any atom is 0.123 e. The quantitative estimate of drug-likeness (QED) is 0.828. The Bertz CT molecular complexity index is 534. The SMILES string of the molecule is CCNCc1ccc(CN(CC)c2ccc(F)cc2)cc1. The summed E-state index contributed by atoms with van der Waals surface area (Å²) in [4.78, 5) is 2.23. The van der Waals surface area contributed by atoms with Crippen LogP contribution in [0.25, 0.3) is 0 Å². The van der Waals surface area contributed by atoms with Crippen molar-refractivity contribution in [3.8, 4) is 0 Å². The van der Waals surface area contributed by atoms with Crippen molar-refractivity contribution in [1.82, 2.24) is 5.32 Å². The van der Waals surface area contributed by atoms with E-state index in [1.165, 1.54) is 23.3 Å². The maximum atomic E-state index is 13.0. The molecule has 0 aliphatic heterocycles. The van der Waals surface area contributed by atoms with Gasteiger partial charge in [0.1, 0.15) is 5.82 Å². The molecule has 0 aliphatic rings. The Kier molecular flexibility index (Phi) is 5.76. The molecule has 1 N–H and O–H groups in total. The fourth-order valence-electron chi connectivity index (χ4n) is 2.29. The van der Waals surface area contributed by atoms with Gasteiger partial charge in [-0.1, -0.05) is 31.2 Å². The van der Waals surface area contributed by atoms with Gasteiger partial charge < -0.3 is 10.2 Å². The summed E-state index contributed by atoms with van der Waals surface area (Å²) in [6.07, 6.45) is 0. The van der Waals surface area contributed by atoms with Crippen LogP contribution < -0.4 is 10.2 Å². The standard InChI is InChI=1S/C18H23FN2/c1-3-20-13-15-5-7-16(8-6-15)14-21(4-2)18-11-9-17(19)10-12-18/h5-12,20H,3-4,13-14H2,1-2H3. The molecule has 2 aromatic rings. The van der Waals surface area contributed by atoms with Crippen LogP contribution >= 0.6 is 0 Å². The number of anilines is 1. The fourth-order valence-corrected chi connectivity index (χ4v) is 2.29. The minimum absolute atomic E-state index is 0.192. The summed E-state index contributed by atoms with van der Waals surface area (Å²) in [5.74, 6) is -0.192. The number of nitrogens with one attached hydrogen (secondary N) is 1. The summed E-state index contributed by atoms with van der Waals surface area (Å²) >= 11 is 0. The Morgan fingerprint density at radius 3 is 2.10 bits per heavy atom. The average molecular weight is 286 g/mol. The summed E-state index contributed by atoms with van der Waals surface area (Å²) in [6.45, 7) is 7.84. The van der Waals surface area contributed by atoms with E-state index in [2.05, 4.69) is 48.3 Å². The molecule has 3 heteroatoms. The monoisotopic (exact) mass is 286 g/mol. The number of benzene rings is 2. The van der Waals surface area contributed by atoms with E-state index in [1.807, 2.05) is 12.1 Å². The number of rotatable bonds is 7. The Balaban J connectivity index is 2.02. The van der Waals surface area contributed by atoms with E-state index in [1.54, 1.807) is 0 Å². The predicted molar refractivity (Wildman–Crippen MR) is 86.9 cm³/mol. The molecule has 0 aliphatic carbocycles. The predicted octanol–water partition coefficient (Wildman–Crippen LogP) is 3.96. The highest BCUT2D eigenvalue weighted by atomic mass is 19.1. The molecular formula is C18H23FN2. The number of halogens is 1. The van der Waals surface area contributed by atoms with Crippen molar-refractivity contribution in [1.29, 1.82) is 0 Å². The first-order valence-electron chi connectivity index (χ1n) is 7.52. The lowest BCUT2D eigenvalue weighted by molar-refractivity contribution is 0.627. The molecule has 2 aromatic carbocycles. The van der Waals surface area contributed by atoms with Gasteiger partial charge in [0.25, 0.3) is 0 Å². The first-order valence-corrected chi connectivity index (χ1v) is 7.52. The molecule has 0 bridgehead atoms. The third-order valence-electron chi connectivity index (χ3n) is 3.55. The molecule has 112 valence electrons. The lowest BCUT2D eigenvalue weighted by Crippen LogP contribution is -2.22. The highest BCUT2D eigenvalue weighted by molar-refractivity contribution is 5.46. The summed E-state index contributed by atoms with van der Waals surface area (Å²) in [6, 6.07) is 15.3. The van der Waals surface area contributed by atoms with E-state index in [4.69, 9.17) is 0 Å². The normalized spacial score (nSPS) is 10.6. The Hall–Kier alpha value is -1.87. The number of hydrogen-bond donors (Lipinski definition) is 1. The molecule has 0 fully saturated rings. The van der Waals surface area contributed by atoms with Gasteiger partial charge in [0.05, 0.1) is 0 Å². The van der Waals surface area contributed by atoms with E-state index in [0.29, 0.717) is 0 Å². The summed E-state index contributed by atoms with van der Waals surface area (Å²) in [5.41, 5.74) is 3.61. The van der Waals surface area contributed by atoms with E-state index in [9.17, 15) is 4.39 Å². The summed E-state index contributed by atoms with van der Waals surface area (Å²) in [7, 11) is 0. The molecule has 0 unspecified atom stereocenters. The summed E-state index contributed by atoms with van der Waals surface area (Å²) < 4.78 is 13.0. The second-order valence-corrected chi connectivity index (χ2v) is 5.09. The van der Waals surface area contributed by atoms with Crippen LogP contribution in [0.2, 0.25) is 0 Å². The van der Waals surface area contributed by atoms with Gasteiger partial charge >= 0.3 is 0 Å². The Labute approximate surface area is 126 Å². The van der Waals surface area contributed by atoms with Crippen molar-refractivity contribution in [2.45, 2.75) is 26.9 Å². The fraction of sp³-hybridized carbons (Fsp3) is 0.333. The molecule has 2 nitrogen and oxygen atoms in total. The van der Waals surface area contributed by atoms with Gasteiger partial charge in [-0.25, -0.2) is 4.39 Å². The van der Waals surface area contributed by atoms with E-state index in [0.717, 1.165) is 31.9 Å². The second kappa shape index (κ2) is 7.79. The zero-order chi connectivity index (χ0) is 15.1. The van der Waals surface area contributed by atoms with Crippen LogP contribution in [-0.4, -0.2) is 13.1 Å². The van der Waals surface area contributed by atoms with Gasteiger partial charge in [-0.2, -0.15) is 0 Å². The highest BCUT2D eigenvalue weighted by Gasteiger charge is 2.05. The molecule has 21 heavy (non-hydrogen) atoms. The lowest BCUT2D eigenvalue weighted by atomic mass is 10.1. The molecular weight excluding hydrogens is 263 g/mol. The molecule has 0 aromatic heterocycles. The first-order chi connectivity index (χ1) is 10.2. The zero-order valence-electron chi connectivity index (χ0n) is 12.8. The first kappa shape index (κ1) is 15.5. The van der Waals surface area contributed by atoms with Crippen LogP contribution in [-0.2, 0) is 13.1 Å². The van der Waals surface area contributed by atoms with Crippen LogP contribution in [0.1, 0.15) is 25.0 Å². The number of nitrogens with zero attached hydrogens (tertiary/aromatic N) is 1. The van der Waals surface area contributed by atoms with Crippen molar-refractivity contribution >= 4 is 5.69 Å². The molecule has 0 spiro atoms. The van der Waals surface area contributed by atoms with Crippen LogP contribution in [0, 0.1) is 5.82 Å². The highest BCUT2D eigenvalue weighted by Crippen LogP contribution is 2.18. The third-order valence-corrected chi connectivity index (χ3v) is 3.55. The van der Waals surface area contributed by atoms with E-state index in [-0.39, 0.29) is 5.82 Å². The van der Waals surface area contributed by atoms with Crippen molar-refractivity contribution < 1.29 is 4.39 Å². The lowest BCUT2D eigenvalue weighted by Gasteiger charge is -2.23. The van der Waals surface area contributed by atoms with Gasteiger partial charge in [-0.15, -0.1) is 0 Å². The Morgan fingerprint density at radius 2 is 1.52 bits per heavy atom. The van der Waals surface area contributed by atoms with Crippen LogP contribution in [0.5, 0.6) is 0 Å². The van der Waals surface area contributed by atoms with Crippen LogP contribution in [0.15, 0.2) is 48.5 Å².